The number of rotatable bonds is 18. The third-order valence-corrected chi connectivity index (χ3v) is 10.6. The number of aromatic nitrogens is 1. The molecule has 2 aromatic carbocycles. The van der Waals surface area contributed by atoms with Crippen molar-refractivity contribution in [2.24, 2.45) is 16.9 Å². The van der Waals surface area contributed by atoms with E-state index in [9.17, 15) is 29.1 Å². The molecule has 1 aromatic heterocycles. The number of amides is 5. The van der Waals surface area contributed by atoms with Crippen LogP contribution in [0, 0.1) is 12.3 Å². The lowest BCUT2D eigenvalue weighted by Gasteiger charge is -2.35. The number of aliphatic hydroxyl groups is 1. The largest absolute Gasteiger partial charge is 0.391 e. The quantitative estimate of drug-likeness (QED) is 0.104. The maximum atomic E-state index is 13.9. The molecule has 4 atom stereocenters. The SMILES string of the molecule is Cc1ncsc1-c1ccc(CNC(=O)[C@@H]2C[C@@H](O)CN2C(=O)[C@@H](NC(=O)CCCCCc2ccc(CNC(=O)[C@@H](N)CCC(N)=O)cc2)C(C)(C)C)cc1.Cl. The molecule has 0 bridgehead atoms. The van der Waals surface area contributed by atoms with Gasteiger partial charge < -0.3 is 37.4 Å². The molecule has 0 saturated carbocycles. The van der Waals surface area contributed by atoms with Crippen LogP contribution in [0.2, 0.25) is 0 Å². The summed E-state index contributed by atoms with van der Waals surface area (Å²) in [6.45, 7) is 8.20. The summed E-state index contributed by atoms with van der Waals surface area (Å²) in [5.41, 5.74) is 17.1. The molecule has 3 aromatic rings. The number of aryl methyl sites for hydroxylation is 2. The predicted molar refractivity (Wildman–Crippen MR) is 216 cm³/mol. The Labute approximate surface area is 333 Å². The summed E-state index contributed by atoms with van der Waals surface area (Å²) >= 11 is 1.58. The maximum Gasteiger partial charge on any atom is 0.246 e. The lowest BCUT2D eigenvalue weighted by molar-refractivity contribution is -0.144. The van der Waals surface area contributed by atoms with Crippen molar-refractivity contribution in [3.05, 3.63) is 76.4 Å². The van der Waals surface area contributed by atoms with Gasteiger partial charge in [-0.25, -0.2) is 4.98 Å². The fourth-order valence-electron chi connectivity index (χ4n) is 6.38. The Bertz CT molecular complexity index is 1750. The molecule has 0 spiro atoms. The van der Waals surface area contributed by atoms with Gasteiger partial charge in [0.15, 0.2) is 0 Å². The van der Waals surface area contributed by atoms with Gasteiger partial charge >= 0.3 is 0 Å². The van der Waals surface area contributed by atoms with Crippen LogP contribution in [0.1, 0.15) is 88.1 Å². The second-order valence-corrected chi connectivity index (χ2v) is 16.0. The molecule has 1 fully saturated rings. The third-order valence-electron chi connectivity index (χ3n) is 9.61. The molecular weight excluding hydrogens is 742 g/mol. The van der Waals surface area contributed by atoms with E-state index in [4.69, 9.17) is 11.5 Å². The summed E-state index contributed by atoms with van der Waals surface area (Å²) in [6.07, 6.45) is 2.97. The van der Waals surface area contributed by atoms with E-state index < -0.39 is 35.6 Å². The lowest BCUT2D eigenvalue weighted by atomic mass is 9.85. The highest BCUT2D eigenvalue weighted by atomic mass is 35.5. The van der Waals surface area contributed by atoms with Crippen LogP contribution in [0.15, 0.2) is 54.0 Å². The van der Waals surface area contributed by atoms with Crippen LogP contribution in [-0.4, -0.2) is 75.3 Å². The number of nitrogens with one attached hydrogen (secondary N) is 3. The van der Waals surface area contributed by atoms with Crippen LogP contribution >= 0.6 is 23.7 Å². The van der Waals surface area contributed by atoms with Crippen molar-refractivity contribution in [1.29, 1.82) is 0 Å². The Morgan fingerprint density at radius 3 is 2.15 bits per heavy atom. The molecule has 1 aliphatic heterocycles. The summed E-state index contributed by atoms with van der Waals surface area (Å²) < 4.78 is 0. The number of aliphatic hydroxyl groups excluding tert-OH is 1. The van der Waals surface area contributed by atoms with Crippen LogP contribution in [0.4, 0.5) is 0 Å². The molecule has 8 N–H and O–H groups in total. The first-order valence-corrected chi connectivity index (χ1v) is 19.4. The number of primary amides is 1. The Balaban J connectivity index is 0.00000812. The van der Waals surface area contributed by atoms with E-state index in [-0.39, 0.29) is 74.8 Å². The molecular formula is C40H56ClN7O6S. The van der Waals surface area contributed by atoms with E-state index in [0.717, 1.165) is 52.1 Å². The highest BCUT2D eigenvalue weighted by Gasteiger charge is 2.44. The number of nitrogens with zero attached hydrogens (tertiary/aromatic N) is 2. The molecule has 4 rings (SSSR count). The highest BCUT2D eigenvalue weighted by Crippen LogP contribution is 2.28. The molecule has 13 nitrogen and oxygen atoms in total. The fraction of sp³-hybridized carbons (Fsp3) is 0.500. The minimum atomic E-state index is -0.873. The summed E-state index contributed by atoms with van der Waals surface area (Å²) in [4.78, 5) is 70.2. The highest BCUT2D eigenvalue weighted by molar-refractivity contribution is 7.13. The maximum absolute atomic E-state index is 13.9. The average molecular weight is 798 g/mol. The zero-order valence-electron chi connectivity index (χ0n) is 32.1. The standard InChI is InChI=1S/C40H55N7O6S.ClH/c1-25-35(54-24-45-25)29-16-14-28(15-17-29)22-44-38(52)32-20-30(48)23-47(32)39(53)36(40(2,3)4)46-34(50)9-7-5-6-8-26-10-12-27(13-11-26)21-43-37(51)31(41)18-19-33(42)49;/h10-17,24,30-32,36,48H,5-9,18-23,41H2,1-4H3,(H2,42,49)(H,43,51)(H,44,52)(H,46,50);1H/t30-,31+,32+,36-;/m1./s1. The summed E-state index contributed by atoms with van der Waals surface area (Å²) in [7, 11) is 0. The van der Waals surface area contributed by atoms with E-state index >= 15 is 0 Å². The van der Waals surface area contributed by atoms with Crippen molar-refractivity contribution in [3.63, 3.8) is 0 Å². The van der Waals surface area contributed by atoms with Crippen molar-refractivity contribution < 1.29 is 29.1 Å². The molecule has 0 radical (unpaired) electrons. The third kappa shape index (κ3) is 13.7. The number of unbranched alkanes of at least 4 members (excludes halogenated alkanes) is 2. The van der Waals surface area contributed by atoms with Crippen molar-refractivity contribution >= 4 is 53.3 Å². The van der Waals surface area contributed by atoms with Gasteiger partial charge in [0.1, 0.15) is 12.1 Å². The van der Waals surface area contributed by atoms with Crippen molar-refractivity contribution in [1.82, 2.24) is 25.8 Å². The number of carbonyl (C=O) groups excluding carboxylic acids is 5. The summed E-state index contributed by atoms with van der Waals surface area (Å²) in [5.74, 6) is -1.79. The van der Waals surface area contributed by atoms with E-state index in [0.29, 0.717) is 13.0 Å². The van der Waals surface area contributed by atoms with Gasteiger partial charge in [0.05, 0.1) is 28.2 Å². The van der Waals surface area contributed by atoms with Gasteiger partial charge in [-0.15, -0.1) is 23.7 Å². The molecule has 1 aliphatic rings. The first-order chi connectivity index (χ1) is 25.6. The predicted octanol–water partition coefficient (Wildman–Crippen LogP) is 3.66. The number of nitrogens with two attached hydrogens (primary N) is 2. The zero-order valence-corrected chi connectivity index (χ0v) is 33.8. The van der Waals surface area contributed by atoms with E-state index in [2.05, 4.69) is 20.9 Å². The Kier molecular flexibility index (Phi) is 17.3. The van der Waals surface area contributed by atoms with Gasteiger partial charge in [-0.1, -0.05) is 75.7 Å². The second kappa shape index (κ2) is 21.1. The van der Waals surface area contributed by atoms with Gasteiger partial charge in [0.25, 0.3) is 0 Å². The fourth-order valence-corrected chi connectivity index (χ4v) is 7.19. The Morgan fingerprint density at radius 1 is 0.927 bits per heavy atom. The van der Waals surface area contributed by atoms with Gasteiger partial charge in [-0.05, 0) is 60.3 Å². The van der Waals surface area contributed by atoms with Gasteiger partial charge in [-0.2, -0.15) is 0 Å². The minimum absolute atomic E-state index is 0. The van der Waals surface area contributed by atoms with Gasteiger partial charge in [0, 0.05) is 38.9 Å². The Hall–Kier alpha value is -4.37. The zero-order chi connectivity index (χ0) is 39.4. The minimum Gasteiger partial charge on any atom is -0.391 e. The smallest absolute Gasteiger partial charge is 0.246 e. The average Bonchev–Trinajstić information content (AvgIpc) is 3.75. The Morgan fingerprint density at radius 2 is 1.55 bits per heavy atom. The number of thiazole rings is 1. The first kappa shape index (κ1) is 45.0. The summed E-state index contributed by atoms with van der Waals surface area (Å²) in [6, 6.07) is 13.3. The number of halogens is 1. The number of β-amino-alcohol motifs (C(OH)–C–C–N with tert-alkyl or cyclic N) is 1. The number of hydrogen-bond donors (Lipinski definition) is 6. The van der Waals surface area contributed by atoms with Crippen LogP contribution in [0.3, 0.4) is 0 Å². The molecule has 5 amide bonds. The molecule has 15 heteroatoms. The van der Waals surface area contributed by atoms with Crippen LogP contribution in [-0.2, 0) is 43.5 Å². The second-order valence-electron chi connectivity index (χ2n) is 15.2. The first-order valence-electron chi connectivity index (χ1n) is 18.6. The van der Waals surface area contributed by atoms with E-state index in [1.165, 1.54) is 4.90 Å². The van der Waals surface area contributed by atoms with Crippen LogP contribution in [0.25, 0.3) is 10.4 Å². The van der Waals surface area contributed by atoms with Crippen molar-refractivity contribution in [2.45, 2.75) is 116 Å². The molecule has 300 valence electrons. The topological polar surface area (TPSA) is 210 Å². The van der Waals surface area contributed by atoms with Gasteiger partial charge in [-0.3, -0.25) is 24.0 Å². The summed E-state index contributed by atoms with van der Waals surface area (Å²) in [5, 5.41) is 19.2. The van der Waals surface area contributed by atoms with Gasteiger partial charge in [0.2, 0.25) is 29.5 Å². The monoisotopic (exact) mass is 797 g/mol. The molecule has 55 heavy (non-hydrogen) atoms. The van der Waals surface area contributed by atoms with Crippen LogP contribution in [0.5, 0.6) is 0 Å². The molecule has 0 unspecified atom stereocenters. The number of benzene rings is 2. The normalized spacial score (nSPS) is 16.4. The van der Waals surface area contributed by atoms with Crippen molar-refractivity contribution in [3.8, 4) is 10.4 Å². The molecule has 2 heterocycles. The molecule has 1 saturated heterocycles. The van der Waals surface area contributed by atoms with E-state index in [1.54, 1.807) is 11.3 Å². The number of hydrogen-bond acceptors (Lipinski definition) is 9. The number of likely N-dealkylation sites (tertiary alicyclic amines) is 1. The molecule has 0 aliphatic carbocycles. The van der Waals surface area contributed by atoms with Crippen molar-refractivity contribution in [2.75, 3.05) is 6.54 Å². The van der Waals surface area contributed by atoms with E-state index in [1.807, 2.05) is 81.7 Å². The van der Waals surface area contributed by atoms with Crippen LogP contribution < -0.4 is 27.4 Å². The number of carbonyl (C=O) groups is 5. The lowest BCUT2D eigenvalue weighted by Crippen LogP contribution is -2.57.